The van der Waals surface area contributed by atoms with Crippen LogP contribution in [0.1, 0.15) is 0 Å². The zero-order valence-electron chi connectivity index (χ0n) is 5.82. The second-order valence-corrected chi connectivity index (χ2v) is 6.75. The maximum atomic E-state index is 10.5. The summed E-state index contributed by atoms with van der Waals surface area (Å²) in [6, 6.07) is 0. The fourth-order valence-electron chi connectivity index (χ4n) is 0.555. The highest BCUT2D eigenvalue weighted by molar-refractivity contribution is 8.93. The summed E-state index contributed by atoms with van der Waals surface area (Å²) < 4.78 is 0. The molecule has 0 aromatic rings. The van der Waals surface area contributed by atoms with Gasteiger partial charge < -0.3 is 0 Å². The van der Waals surface area contributed by atoms with Crippen molar-refractivity contribution in [2.45, 2.75) is 0 Å². The normalized spacial score (nSPS) is 12.1. The van der Waals surface area contributed by atoms with Crippen LogP contribution in [-0.2, 0) is 4.79 Å². The molecule has 0 N–H and O–H groups in total. The van der Waals surface area contributed by atoms with Crippen LogP contribution in [0.5, 0.6) is 0 Å². The van der Waals surface area contributed by atoms with E-state index in [-0.39, 0.29) is 0 Å². The van der Waals surface area contributed by atoms with E-state index in [9.17, 15) is 4.79 Å². The molecule has 0 atom stereocenters. The Kier molecular flexibility index (Phi) is 4.56. The molecule has 0 amide bonds. The SMILES string of the molecule is C=CCS(S)(C=O)CC=C. The molecule has 58 valence electrons. The molecule has 0 saturated carbocycles. The molecule has 0 radical (unpaired) electrons. The topological polar surface area (TPSA) is 17.1 Å². The fourth-order valence-corrected chi connectivity index (χ4v) is 2.30. The molecule has 0 aromatic heterocycles. The number of rotatable bonds is 5. The summed E-state index contributed by atoms with van der Waals surface area (Å²) in [5.41, 5.74) is 0.916. The van der Waals surface area contributed by atoms with Crippen molar-refractivity contribution in [3.8, 4) is 0 Å². The maximum Gasteiger partial charge on any atom is 0.168 e. The van der Waals surface area contributed by atoms with E-state index >= 15 is 0 Å². The largest absolute Gasteiger partial charge is 0.292 e. The van der Waals surface area contributed by atoms with E-state index in [1.54, 1.807) is 12.2 Å². The summed E-state index contributed by atoms with van der Waals surface area (Å²) in [6.07, 6.45) is 3.44. The van der Waals surface area contributed by atoms with Gasteiger partial charge in [0.05, 0.1) is 0 Å². The highest BCUT2D eigenvalue weighted by Crippen LogP contribution is 2.49. The van der Waals surface area contributed by atoms with Crippen LogP contribution < -0.4 is 0 Å². The Hall–Kier alpha value is -0.150. The van der Waals surface area contributed by atoms with Crippen molar-refractivity contribution in [2.24, 2.45) is 0 Å². The van der Waals surface area contributed by atoms with Gasteiger partial charge in [-0.3, -0.25) is 4.79 Å². The first-order chi connectivity index (χ1) is 4.68. The van der Waals surface area contributed by atoms with Gasteiger partial charge in [-0.05, 0) is 0 Å². The highest BCUT2D eigenvalue weighted by atomic mass is 33.1. The van der Waals surface area contributed by atoms with E-state index in [2.05, 4.69) is 24.8 Å². The van der Waals surface area contributed by atoms with Gasteiger partial charge in [-0.2, -0.15) is 0 Å². The molecule has 1 nitrogen and oxygen atoms in total. The molecule has 0 aliphatic rings. The monoisotopic (exact) mass is 176 g/mol. The van der Waals surface area contributed by atoms with Crippen LogP contribution in [0.15, 0.2) is 25.3 Å². The summed E-state index contributed by atoms with van der Waals surface area (Å²) in [7, 11) is -1.40. The van der Waals surface area contributed by atoms with Gasteiger partial charge in [0.25, 0.3) is 0 Å². The molecule has 0 saturated heterocycles. The minimum Gasteiger partial charge on any atom is -0.292 e. The van der Waals surface area contributed by atoms with Crippen molar-refractivity contribution >= 4 is 26.3 Å². The predicted molar refractivity (Wildman–Crippen MR) is 53.5 cm³/mol. The van der Waals surface area contributed by atoms with Crippen molar-refractivity contribution in [3.63, 3.8) is 0 Å². The van der Waals surface area contributed by atoms with Gasteiger partial charge in [0.1, 0.15) is 0 Å². The minimum atomic E-state index is -1.40. The zero-order chi connectivity index (χ0) is 8.04. The first-order valence-electron chi connectivity index (χ1n) is 2.86. The Morgan fingerprint density at radius 2 is 1.70 bits per heavy atom. The molecule has 0 bridgehead atoms. The van der Waals surface area contributed by atoms with Crippen LogP contribution in [0.25, 0.3) is 0 Å². The molecule has 0 unspecified atom stereocenters. The molecule has 0 aliphatic heterocycles. The van der Waals surface area contributed by atoms with Gasteiger partial charge in [0.15, 0.2) is 5.62 Å². The average molecular weight is 176 g/mol. The maximum absolute atomic E-state index is 10.5. The van der Waals surface area contributed by atoms with Gasteiger partial charge in [-0.15, -0.1) is 33.9 Å². The smallest absolute Gasteiger partial charge is 0.168 e. The number of hydrogen-bond donors (Lipinski definition) is 1. The number of thiol groups is 1. The molecule has 10 heavy (non-hydrogen) atoms. The van der Waals surface area contributed by atoms with Crippen molar-refractivity contribution in [3.05, 3.63) is 25.3 Å². The molecule has 0 aliphatic carbocycles. The van der Waals surface area contributed by atoms with Gasteiger partial charge in [0, 0.05) is 11.5 Å². The van der Waals surface area contributed by atoms with E-state index < -0.39 is 9.06 Å². The molecular formula is C7H12OS2. The van der Waals surface area contributed by atoms with Crippen LogP contribution in [0, 0.1) is 0 Å². The van der Waals surface area contributed by atoms with E-state index in [4.69, 9.17) is 0 Å². The third-order valence-electron chi connectivity index (χ3n) is 0.992. The Labute approximate surface area is 68.3 Å². The molecule has 0 aromatic carbocycles. The van der Waals surface area contributed by atoms with Crippen LogP contribution in [-0.4, -0.2) is 17.1 Å². The van der Waals surface area contributed by atoms with Gasteiger partial charge in [-0.1, -0.05) is 12.2 Å². The van der Waals surface area contributed by atoms with Crippen LogP contribution >= 0.6 is 20.7 Å². The van der Waals surface area contributed by atoms with Crippen molar-refractivity contribution in [1.29, 1.82) is 0 Å². The number of carbonyl (C=O) groups is 1. The molecule has 3 heteroatoms. The first-order valence-corrected chi connectivity index (χ1v) is 5.95. The van der Waals surface area contributed by atoms with Gasteiger partial charge in [0.2, 0.25) is 0 Å². The Balaban J connectivity index is 4.05. The second-order valence-electron chi connectivity index (χ2n) is 1.91. The van der Waals surface area contributed by atoms with E-state index in [1.165, 1.54) is 0 Å². The van der Waals surface area contributed by atoms with Crippen molar-refractivity contribution < 1.29 is 4.79 Å². The summed E-state index contributed by atoms with van der Waals surface area (Å²) in [6.45, 7) is 7.11. The summed E-state index contributed by atoms with van der Waals surface area (Å²) in [5, 5.41) is 0. The van der Waals surface area contributed by atoms with Crippen LogP contribution in [0.3, 0.4) is 0 Å². The lowest BCUT2D eigenvalue weighted by molar-refractivity contribution is 0.569. The molecular weight excluding hydrogens is 164 g/mol. The van der Waals surface area contributed by atoms with Crippen molar-refractivity contribution in [1.82, 2.24) is 0 Å². The third-order valence-corrected chi connectivity index (χ3v) is 4.13. The average Bonchev–Trinajstić information content (AvgIpc) is 1.89. The molecule has 0 heterocycles. The molecule has 0 fully saturated rings. The van der Waals surface area contributed by atoms with Crippen LogP contribution in [0.4, 0.5) is 0 Å². The first kappa shape index (κ1) is 9.85. The quantitative estimate of drug-likeness (QED) is 0.294. The zero-order valence-corrected chi connectivity index (χ0v) is 7.54. The third kappa shape index (κ3) is 3.13. The predicted octanol–water partition coefficient (Wildman–Crippen LogP) is 2.20. The Morgan fingerprint density at radius 3 is 1.90 bits per heavy atom. The highest BCUT2D eigenvalue weighted by Gasteiger charge is 2.13. The lowest BCUT2D eigenvalue weighted by Gasteiger charge is -2.23. The number of carbonyl (C=O) groups excluding carboxylic acids is 1. The second kappa shape index (κ2) is 4.63. The number of hydrogen-bond acceptors (Lipinski definition) is 2. The van der Waals surface area contributed by atoms with E-state index in [1.807, 2.05) is 0 Å². The Bertz CT molecular complexity index is 133. The summed E-state index contributed by atoms with van der Waals surface area (Å²) in [4.78, 5) is 10.5. The van der Waals surface area contributed by atoms with Crippen molar-refractivity contribution in [2.75, 3.05) is 11.5 Å². The standard InChI is InChI=1S/C7H12OS2/c1-3-5-10(9,7-8)6-4-2/h3-4,7,9H,1-2,5-6H2. The summed E-state index contributed by atoms with van der Waals surface area (Å²) >= 11 is 4.25. The summed E-state index contributed by atoms with van der Waals surface area (Å²) in [5.74, 6) is 1.34. The fraction of sp³-hybridized carbons (Fsp3) is 0.286. The lowest BCUT2D eigenvalue weighted by atomic mass is 10.8. The molecule has 0 spiro atoms. The van der Waals surface area contributed by atoms with Crippen LogP contribution in [0.2, 0.25) is 0 Å². The van der Waals surface area contributed by atoms with Gasteiger partial charge >= 0.3 is 0 Å². The van der Waals surface area contributed by atoms with E-state index in [0.29, 0.717) is 11.5 Å². The minimum absolute atomic E-state index is 0.672. The Morgan fingerprint density at radius 1 is 1.30 bits per heavy atom. The molecule has 0 rings (SSSR count). The van der Waals surface area contributed by atoms with Gasteiger partial charge in [-0.25, -0.2) is 0 Å². The van der Waals surface area contributed by atoms with E-state index in [0.717, 1.165) is 5.62 Å². The lowest BCUT2D eigenvalue weighted by Crippen LogP contribution is -1.99.